The van der Waals surface area contributed by atoms with Crippen molar-refractivity contribution in [3.05, 3.63) is 0 Å². The topological polar surface area (TPSA) is 69.6 Å². The number of carbonyl (C=O) groups is 2. The third-order valence-electron chi connectivity index (χ3n) is 3.09. The normalized spacial score (nSPS) is 19.8. The van der Waals surface area contributed by atoms with E-state index in [1.807, 2.05) is 32.5 Å². The minimum Gasteiger partial charge on any atom is -0.481 e. The molecule has 0 aliphatic carbocycles. The summed E-state index contributed by atoms with van der Waals surface area (Å²) < 4.78 is 0. The van der Waals surface area contributed by atoms with Crippen LogP contribution in [0.2, 0.25) is 0 Å². The van der Waals surface area contributed by atoms with Crippen LogP contribution in [0.1, 0.15) is 40.0 Å². The first-order valence-electron chi connectivity index (χ1n) is 6.68. The number of aliphatic carboxylic acids is 1. The number of carbonyl (C=O) groups excluding carboxylic acids is 1. The lowest BCUT2D eigenvalue weighted by molar-refractivity contribution is -0.137. The minimum absolute atomic E-state index is 0.0237. The monoisotopic (exact) mass is 288 g/mol. The summed E-state index contributed by atoms with van der Waals surface area (Å²) in [6, 6.07) is 0.0576. The molecule has 1 atom stereocenters. The number of nitrogens with zero attached hydrogens (tertiary/aromatic N) is 1. The van der Waals surface area contributed by atoms with Crippen LogP contribution in [0.25, 0.3) is 0 Å². The smallest absolute Gasteiger partial charge is 0.318 e. The third-order valence-corrected chi connectivity index (χ3v) is 4.31. The number of amides is 2. The van der Waals surface area contributed by atoms with Crippen LogP contribution in [0.15, 0.2) is 0 Å². The number of hydrogen-bond acceptors (Lipinski definition) is 3. The lowest BCUT2D eigenvalue weighted by atomic mass is 10.1. The van der Waals surface area contributed by atoms with E-state index < -0.39 is 5.97 Å². The van der Waals surface area contributed by atoms with Crippen molar-refractivity contribution in [1.82, 2.24) is 10.2 Å². The molecule has 0 saturated carbocycles. The van der Waals surface area contributed by atoms with Crippen molar-refractivity contribution in [2.45, 2.75) is 51.6 Å². The van der Waals surface area contributed by atoms with Gasteiger partial charge in [-0.2, -0.15) is 11.8 Å². The van der Waals surface area contributed by atoms with Crippen LogP contribution >= 0.6 is 11.8 Å². The number of rotatable bonds is 4. The molecule has 2 amide bonds. The average Bonchev–Trinajstić information content (AvgIpc) is 2.28. The highest BCUT2D eigenvalue weighted by Gasteiger charge is 2.28. The summed E-state index contributed by atoms with van der Waals surface area (Å²) in [7, 11) is 0. The Balaban J connectivity index is 2.57. The molecule has 0 spiro atoms. The van der Waals surface area contributed by atoms with Crippen molar-refractivity contribution in [1.29, 1.82) is 0 Å². The second kappa shape index (κ2) is 7.03. The number of nitrogens with one attached hydrogen (secondary N) is 1. The maximum absolute atomic E-state index is 12.3. The van der Waals surface area contributed by atoms with Crippen molar-refractivity contribution in [3.8, 4) is 0 Å². The summed E-state index contributed by atoms with van der Waals surface area (Å²) >= 11 is 1.86. The van der Waals surface area contributed by atoms with Crippen molar-refractivity contribution >= 4 is 23.8 Å². The van der Waals surface area contributed by atoms with E-state index in [1.54, 1.807) is 4.90 Å². The van der Waals surface area contributed by atoms with Gasteiger partial charge >= 0.3 is 12.0 Å². The van der Waals surface area contributed by atoms with Crippen LogP contribution in [0.5, 0.6) is 0 Å². The fourth-order valence-corrected chi connectivity index (χ4v) is 3.13. The fraction of sp³-hybridized carbons (Fsp3) is 0.846. The summed E-state index contributed by atoms with van der Waals surface area (Å²) in [5.74, 6) is 1.23. The molecule has 1 heterocycles. The molecule has 5 nitrogen and oxygen atoms in total. The Kier molecular flexibility index (Phi) is 5.97. The maximum atomic E-state index is 12.3. The van der Waals surface area contributed by atoms with E-state index in [-0.39, 0.29) is 30.6 Å². The van der Waals surface area contributed by atoms with Gasteiger partial charge in [0.05, 0.1) is 6.42 Å². The van der Waals surface area contributed by atoms with Gasteiger partial charge in [-0.25, -0.2) is 4.79 Å². The van der Waals surface area contributed by atoms with Gasteiger partial charge in [0.2, 0.25) is 0 Å². The minimum atomic E-state index is -0.879. The third kappa shape index (κ3) is 5.72. The van der Waals surface area contributed by atoms with Crippen molar-refractivity contribution < 1.29 is 14.7 Å². The molecule has 0 radical (unpaired) electrons. The van der Waals surface area contributed by atoms with E-state index in [1.165, 1.54) is 0 Å². The Bertz CT molecular complexity index is 322. The largest absolute Gasteiger partial charge is 0.481 e. The number of thioether (sulfide) groups is 1. The van der Waals surface area contributed by atoms with Crippen LogP contribution < -0.4 is 5.32 Å². The van der Waals surface area contributed by atoms with Crippen molar-refractivity contribution in [2.75, 3.05) is 18.1 Å². The van der Waals surface area contributed by atoms with Gasteiger partial charge < -0.3 is 15.3 Å². The molecular formula is C13H24N2O3S. The summed E-state index contributed by atoms with van der Waals surface area (Å²) in [6.07, 6.45) is 2.11. The first kappa shape index (κ1) is 16.1. The predicted molar refractivity (Wildman–Crippen MR) is 77.6 cm³/mol. The molecule has 0 bridgehead atoms. The van der Waals surface area contributed by atoms with E-state index in [0.717, 1.165) is 24.3 Å². The molecule has 1 aliphatic rings. The van der Waals surface area contributed by atoms with E-state index >= 15 is 0 Å². The molecular weight excluding hydrogens is 264 g/mol. The molecule has 1 aliphatic heterocycles. The maximum Gasteiger partial charge on any atom is 0.318 e. The van der Waals surface area contributed by atoms with Gasteiger partial charge in [0.25, 0.3) is 0 Å². The van der Waals surface area contributed by atoms with Gasteiger partial charge in [-0.1, -0.05) is 0 Å². The zero-order chi connectivity index (χ0) is 14.5. The summed E-state index contributed by atoms with van der Waals surface area (Å²) in [4.78, 5) is 24.6. The van der Waals surface area contributed by atoms with Crippen LogP contribution in [-0.2, 0) is 4.79 Å². The fourth-order valence-electron chi connectivity index (χ4n) is 2.06. The lowest BCUT2D eigenvalue weighted by Crippen LogP contribution is -2.54. The highest BCUT2D eigenvalue weighted by atomic mass is 32.2. The second-order valence-corrected chi connectivity index (χ2v) is 6.98. The first-order valence-corrected chi connectivity index (χ1v) is 7.84. The molecule has 6 heteroatoms. The Labute approximate surface area is 119 Å². The molecule has 0 aromatic carbocycles. The molecule has 1 saturated heterocycles. The number of carboxylic acid groups (broad SMARTS) is 1. The van der Waals surface area contributed by atoms with E-state index in [4.69, 9.17) is 5.11 Å². The quantitative estimate of drug-likeness (QED) is 0.832. The first-order chi connectivity index (χ1) is 8.80. The van der Waals surface area contributed by atoms with Gasteiger partial charge in [-0.15, -0.1) is 0 Å². The Hall–Kier alpha value is -0.910. The van der Waals surface area contributed by atoms with Gasteiger partial charge in [0.1, 0.15) is 0 Å². The van der Waals surface area contributed by atoms with Crippen molar-refractivity contribution in [3.63, 3.8) is 0 Å². The zero-order valence-electron chi connectivity index (χ0n) is 11.9. The average molecular weight is 288 g/mol. The Morgan fingerprint density at radius 3 is 2.58 bits per heavy atom. The second-order valence-electron chi connectivity index (χ2n) is 5.83. The van der Waals surface area contributed by atoms with Gasteiger partial charge in [-0.3, -0.25) is 4.79 Å². The molecule has 1 fully saturated rings. The highest BCUT2D eigenvalue weighted by Crippen LogP contribution is 2.19. The predicted octanol–water partition coefficient (Wildman–Crippen LogP) is 2.17. The SMILES string of the molecule is CC(C)(C)N(CCC(=O)O)C(=O)NC1CCCSC1. The summed E-state index contributed by atoms with van der Waals surface area (Å²) in [5.41, 5.74) is -0.374. The van der Waals surface area contributed by atoms with Crippen LogP contribution in [0.3, 0.4) is 0 Å². The van der Waals surface area contributed by atoms with E-state index in [9.17, 15) is 9.59 Å². The molecule has 1 rings (SSSR count). The summed E-state index contributed by atoms with van der Waals surface area (Å²) in [5, 5.41) is 11.8. The van der Waals surface area contributed by atoms with Gasteiger partial charge in [-0.05, 0) is 39.4 Å². The number of carboxylic acids is 1. The lowest BCUT2D eigenvalue weighted by Gasteiger charge is -2.37. The van der Waals surface area contributed by atoms with Gasteiger partial charge in [0.15, 0.2) is 0 Å². The number of urea groups is 1. The van der Waals surface area contributed by atoms with Crippen LogP contribution in [0, 0.1) is 0 Å². The molecule has 0 aromatic heterocycles. The van der Waals surface area contributed by atoms with Crippen LogP contribution in [-0.4, -0.2) is 51.6 Å². The molecule has 2 N–H and O–H groups in total. The summed E-state index contributed by atoms with van der Waals surface area (Å²) in [6.45, 7) is 6.00. The molecule has 19 heavy (non-hydrogen) atoms. The van der Waals surface area contributed by atoms with Gasteiger partial charge in [0, 0.05) is 23.9 Å². The van der Waals surface area contributed by atoms with Crippen LogP contribution in [0.4, 0.5) is 4.79 Å². The standard InChI is InChI=1S/C13H24N2O3S/c1-13(2,3)15(7-6-11(16)17)12(18)14-10-5-4-8-19-9-10/h10H,4-9H2,1-3H3,(H,14,18)(H,16,17). The zero-order valence-corrected chi connectivity index (χ0v) is 12.8. The highest BCUT2D eigenvalue weighted by molar-refractivity contribution is 7.99. The molecule has 1 unspecified atom stereocenters. The van der Waals surface area contributed by atoms with Crippen molar-refractivity contribution in [2.24, 2.45) is 0 Å². The van der Waals surface area contributed by atoms with E-state index in [2.05, 4.69) is 5.32 Å². The Morgan fingerprint density at radius 1 is 1.42 bits per heavy atom. The van der Waals surface area contributed by atoms with E-state index in [0.29, 0.717) is 0 Å². The number of hydrogen-bond donors (Lipinski definition) is 2. The molecule has 0 aromatic rings. The Morgan fingerprint density at radius 2 is 2.11 bits per heavy atom. The molecule has 110 valence electrons.